The van der Waals surface area contributed by atoms with Crippen molar-refractivity contribution in [1.82, 2.24) is 9.80 Å². The van der Waals surface area contributed by atoms with Crippen LogP contribution in [0.4, 0.5) is 24.5 Å². The fraction of sp³-hybridized carbons (Fsp3) is 0.378. The van der Waals surface area contributed by atoms with Crippen LogP contribution in [0.2, 0.25) is 0 Å². The molecule has 2 heterocycles. The highest BCUT2D eigenvalue weighted by Crippen LogP contribution is 2.30. The third-order valence-corrected chi connectivity index (χ3v) is 8.48. The largest absolute Gasteiger partial charge is 0.490 e. The predicted molar refractivity (Wildman–Crippen MR) is 187 cm³/mol. The van der Waals surface area contributed by atoms with Gasteiger partial charge >= 0.3 is 12.1 Å². The molecule has 5 N–H and O–H groups in total. The van der Waals surface area contributed by atoms with E-state index in [2.05, 4.69) is 10.6 Å². The summed E-state index contributed by atoms with van der Waals surface area (Å²) in [6, 6.07) is 18.0. The molecule has 0 aliphatic carbocycles. The molecule has 3 aromatic rings. The number of nitrogens with zero attached hydrogens (tertiary/aromatic N) is 2. The number of aliphatic carboxylic acids is 1. The van der Waals surface area contributed by atoms with Crippen molar-refractivity contribution in [2.24, 2.45) is 5.73 Å². The van der Waals surface area contributed by atoms with E-state index in [0.29, 0.717) is 55.2 Å². The van der Waals surface area contributed by atoms with Crippen molar-refractivity contribution in [3.63, 3.8) is 0 Å². The van der Waals surface area contributed by atoms with Gasteiger partial charge in [0.05, 0.1) is 5.69 Å². The van der Waals surface area contributed by atoms with Gasteiger partial charge in [-0.05, 0) is 98.8 Å². The molecular formula is C37H42F3N5O7. The molecule has 278 valence electrons. The van der Waals surface area contributed by atoms with E-state index in [-0.39, 0.29) is 36.3 Å². The quantitative estimate of drug-likeness (QED) is 0.192. The van der Waals surface area contributed by atoms with E-state index in [4.69, 9.17) is 20.4 Å². The number of halogens is 3. The van der Waals surface area contributed by atoms with E-state index >= 15 is 0 Å². The Bertz CT molecular complexity index is 1780. The van der Waals surface area contributed by atoms with Crippen LogP contribution in [-0.2, 0) is 33.9 Å². The zero-order valence-electron chi connectivity index (χ0n) is 28.9. The summed E-state index contributed by atoms with van der Waals surface area (Å²) in [6.07, 6.45) is -0.983. The Balaban J connectivity index is 0.000000785. The zero-order valence-corrected chi connectivity index (χ0v) is 28.9. The second-order valence-corrected chi connectivity index (χ2v) is 12.7. The molecule has 12 nitrogen and oxygen atoms in total. The highest BCUT2D eigenvalue weighted by molar-refractivity contribution is 6.04. The van der Waals surface area contributed by atoms with Crippen LogP contribution in [0.1, 0.15) is 76.9 Å². The summed E-state index contributed by atoms with van der Waals surface area (Å²) in [6.45, 7) is 6.12. The SMILES string of the molecule is CC(C)N(Cc1ccc(C(=O)Nc2ccc3c(c2)CCN(C(=O)CCCCCN)C3)cc1)C(=O)c1ccc2c(c1)OCC(=O)N2.O=C(O)C(F)(F)F. The number of carboxylic acid groups (broad SMARTS) is 1. The molecule has 0 fully saturated rings. The molecule has 5 rings (SSSR count). The van der Waals surface area contributed by atoms with E-state index in [1.54, 1.807) is 35.2 Å². The number of amides is 4. The molecule has 0 saturated carbocycles. The summed E-state index contributed by atoms with van der Waals surface area (Å²) in [5, 5.41) is 12.9. The lowest BCUT2D eigenvalue weighted by atomic mass is 9.98. The third-order valence-electron chi connectivity index (χ3n) is 8.48. The predicted octanol–water partition coefficient (Wildman–Crippen LogP) is 5.36. The Morgan fingerprint density at radius 2 is 1.67 bits per heavy atom. The van der Waals surface area contributed by atoms with Crippen LogP contribution < -0.4 is 21.1 Å². The summed E-state index contributed by atoms with van der Waals surface area (Å²) in [5.41, 5.74) is 10.9. The number of benzene rings is 3. The molecule has 0 saturated heterocycles. The third kappa shape index (κ3) is 10.8. The summed E-state index contributed by atoms with van der Waals surface area (Å²) in [4.78, 5) is 63.3. The Morgan fingerprint density at radius 1 is 0.981 bits per heavy atom. The summed E-state index contributed by atoms with van der Waals surface area (Å²) < 4.78 is 37.2. The van der Waals surface area contributed by atoms with Gasteiger partial charge in [-0.25, -0.2) is 4.79 Å². The van der Waals surface area contributed by atoms with Gasteiger partial charge in [0.15, 0.2) is 6.61 Å². The van der Waals surface area contributed by atoms with Crippen molar-refractivity contribution < 1.29 is 47.0 Å². The van der Waals surface area contributed by atoms with Crippen LogP contribution in [-0.4, -0.2) is 76.4 Å². The molecule has 2 aliphatic heterocycles. The number of alkyl halides is 3. The number of rotatable bonds is 11. The number of nitrogens with two attached hydrogens (primary N) is 1. The van der Waals surface area contributed by atoms with Crippen LogP contribution >= 0.6 is 0 Å². The van der Waals surface area contributed by atoms with Crippen LogP contribution in [0.15, 0.2) is 60.7 Å². The van der Waals surface area contributed by atoms with Gasteiger partial charge in [-0.3, -0.25) is 19.2 Å². The molecular weight excluding hydrogens is 683 g/mol. The van der Waals surface area contributed by atoms with E-state index < -0.39 is 12.1 Å². The van der Waals surface area contributed by atoms with Crippen LogP contribution in [0.25, 0.3) is 0 Å². The maximum Gasteiger partial charge on any atom is 0.490 e. The van der Waals surface area contributed by atoms with Crippen LogP contribution in [0.5, 0.6) is 5.75 Å². The number of fused-ring (bicyclic) bond motifs is 2. The van der Waals surface area contributed by atoms with Crippen LogP contribution in [0, 0.1) is 0 Å². The maximum atomic E-state index is 13.4. The first-order chi connectivity index (χ1) is 24.7. The average molecular weight is 726 g/mol. The molecule has 52 heavy (non-hydrogen) atoms. The second-order valence-electron chi connectivity index (χ2n) is 12.7. The number of nitrogens with one attached hydrogen (secondary N) is 2. The van der Waals surface area contributed by atoms with Crippen molar-refractivity contribution in [3.05, 3.63) is 88.5 Å². The fourth-order valence-corrected chi connectivity index (χ4v) is 5.62. The lowest BCUT2D eigenvalue weighted by molar-refractivity contribution is -0.192. The van der Waals surface area contributed by atoms with Crippen molar-refractivity contribution >= 4 is 41.0 Å². The molecule has 3 aromatic carbocycles. The highest BCUT2D eigenvalue weighted by Gasteiger charge is 2.38. The van der Waals surface area contributed by atoms with Gasteiger partial charge in [0.25, 0.3) is 17.7 Å². The molecule has 0 unspecified atom stereocenters. The standard InChI is InChI=1S/C35H41N5O5.C2HF3O2/c1-23(2)40(35(44)27-12-14-30-31(19-27)45-22-32(41)38-30)20-24-7-9-25(10-8-24)34(43)37-29-13-11-28-21-39(17-15-26(28)18-29)33(42)6-4-3-5-16-36;3-2(4,5)1(6)7/h7-14,18-19,23H,3-6,15-17,20-22,36H2,1-2H3,(H,37,43)(H,38,41);(H,6,7). The van der Waals surface area contributed by atoms with Gasteiger partial charge in [-0.15, -0.1) is 0 Å². The number of anilines is 2. The van der Waals surface area contributed by atoms with E-state index in [1.165, 1.54) is 0 Å². The first-order valence-corrected chi connectivity index (χ1v) is 16.8. The monoisotopic (exact) mass is 725 g/mol. The molecule has 0 bridgehead atoms. The maximum absolute atomic E-state index is 13.4. The van der Waals surface area contributed by atoms with E-state index in [0.717, 1.165) is 48.1 Å². The van der Waals surface area contributed by atoms with Gasteiger partial charge in [0, 0.05) is 48.9 Å². The molecule has 0 atom stereocenters. The van der Waals surface area contributed by atoms with Crippen molar-refractivity contribution in [3.8, 4) is 5.75 Å². The number of unbranched alkanes of at least 4 members (excludes halogenated alkanes) is 2. The number of carbonyl (C=O) groups excluding carboxylic acids is 4. The average Bonchev–Trinajstić information content (AvgIpc) is 3.11. The minimum atomic E-state index is -5.08. The van der Waals surface area contributed by atoms with E-state index in [9.17, 15) is 32.3 Å². The molecule has 15 heteroatoms. The Morgan fingerprint density at radius 3 is 2.33 bits per heavy atom. The Kier molecular flexibility index (Phi) is 13.4. The minimum absolute atomic E-state index is 0.0762. The Hall–Kier alpha value is -5.44. The van der Waals surface area contributed by atoms with Crippen molar-refractivity contribution in [1.29, 1.82) is 0 Å². The number of hydrogen-bond donors (Lipinski definition) is 4. The number of hydrogen-bond acceptors (Lipinski definition) is 7. The fourth-order valence-electron chi connectivity index (χ4n) is 5.62. The van der Waals surface area contributed by atoms with Gasteiger partial charge in [-0.1, -0.05) is 24.6 Å². The van der Waals surface area contributed by atoms with Gasteiger partial charge < -0.3 is 36.0 Å². The zero-order chi connectivity index (χ0) is 38.0. The number of carbonyl (C=O) groups is 5. The Labute approximate surface area is 299 Å². The first kappa shape index (κ1) is 39.3. The molecule has 0 spiro atoms. The smallest absolute Gasteiger partial charge is 0.482 e. The van der Waals surface area contributed by atoms with Crippen LogP contribution in [0.3, 0.4) is 0 Å². The summed E-state index contributed by atoms with van der Waals surface area (Å²) in [5.74, 6) is -2.70. The first-order valence-electron chi connectivity index (χ1n) is 16.8. The molecule has 2 aliphatic rings. The number of ether oxygens (including phenoxy) is 1. The summed E-state index contributed by atoms with van der Waals surface area (Å²) >= 11 is 0. The lowest BCUT2D eigenvalue weighted by Crippen LogP contribution is -2.36. The normalized spacial score (nSPS) is 13.4. The second kappa shape index (κ2) is 17.7. The number of carboxylic acids is 1. The molecule has 0 radical (unpaired) electrons. The van der Waals surface area contributed by atoms with Gasteiger partial charge in [0.1, 0.15) is 5.75 Å². The lowest BCUT2D eigenvalue weighted by Gasteiger charge is -2.29. The minimum Gasteiger partial charge on any atom is -0.482 e. The van der Waals surface area contributed by atoms with Gasteiger partial charge in [0.2, 0.25) is 5.91 Å². The summed E-state index contributed by atoms with van der Waals surface area (Å²) in [7, 11) is 0. The molecule has 4 amide bonds. The molecule has 0 aromatic heterocycles. The highest BCUT2D eigenvalue weighted by atomic mass is 19.4. The van der Waals surface area contributed by atoms with E-state index in [1.807, 2.05) is 49.1 Å². The van der Waals surface area contributed by atoms with Crippen molar-refractivity contribution in [2.45, 2.75) is 71.3 Å². The topological polar surface area (TPSA) is 171 Å². The van der Waals surface area contributed by atoms with Gasteiger partial charge in [-0.2, -0.15) is 13.2 Å². The van der Waals surface area contributed by atoms with Crippen molar-refractivity contribution in [2.75, 3.05) is 30.3 Å².